The molecule has 0 aliphatic carbocycles. The van der Waals surface area contributed by atoms with Crippen molar-refractivity contribution >= 4 is 17.5 Å². The lowest BCUT2D eigenvalue weighted by Crippen LogP contribution is -2.46. The summed E-state index contributed by atoms with van der Waals surface area (Å²) in [5.41, 5.74) is 1.47. The smallest absolute Gasteiger partial charge is 0.257 e. The summed E-state index contributed by atoms with van der Waals surface area (Å²) >= 11 is 0. The Hall–Kier alpha value is -3.10. The van der Waals surface area contributed by atoms with Crippen LogP contribution >= 0.6 is 0 Å². The third kappa shape index (κ3) is 6.77. The van der Waals surface area contributed by atoms with Gasteiger partial charge >= 0.3 is 0 Å². The minimum Gasteiger partial charge on any atom is -0.497 e. The van der Waals surface area contributed by atoms with Crippen molar-refractivity contribution in [3.05, 3.63) is 53.6 Å². The van der Waals surface area contributed by atoms with Crippen molar-refractivity contribution in [3.8, 4) is 11.5 Å². The predicted molar refractivity (Wildman–Crippen MR) is 141 cm³/mol. The number of likely N-dealkylation sites (N-methyl/N-ethyl adjacent to an activating group) is 1. The van der Waals surface area contributed by atoms with Crippen molar-refractivity contribution in [2.75, 3.05) is 52.8 Å². The highest BCUT2D eigenvalue weighted by Gasteiger charge is 2.28. The maximum Gasteiger partial charge on any atom is 0.257 e. The van der Waals surface area contributed by atoms with Crippen molar-refractivity contribution in [1.82, 2.24) is 9.80 Å². The van der Waals surface area contributed by atoms with Crippen molar-refractivity contribution in [1.29, 1.82) is 0 Å². The average molecular weight is 498 g/mol. The van der Waals surface area contributed by atoms with Crippen molar-refractivity contribution < 1.29 is 23.8 Å². The molecule has 2 aromatic carbocycles. The van der Waals surface area contributed by atoms with Crippen LogP contribution in [0.25, 0.3) is 0 Å². The molecule has 1 aliphatic rings. The van der Waals surface area contributed by atoms with Gasteiger partial charge in [0.25, 0.3) is 11.8 Å². The molecule has 8 heteroatoms. The van der Waals surface area contributed by atoms with Crippen molar-refractivity contribution in [2.45, 2.75) is 39.3 Å². The summed E-state index contributed by atoms with van der Waals surface area (Å²) in [5, 5.41) is 2.90. The molecule has 36 heavy (non-hydrogen) atoms. The number of carbonyl (C=O) groups excluding carboxylic acids is 2. The van der Waals surface area contributed by atoms with E-state index in [9.17, 15) is 9.59 Å². The fourth-order valence-electron chi connectivity index (χ4n) is 4.49. The van der Waals surface area contributed by atoms with Gasteiger partial charge in [0.05, 0.1) is 18.8 Å². The average Bonchev–Trinajstić information content (AvgIpc) is 2.89. The minimum absolute atomic E-state index is 0.0873. The third-order valence-electron chi connectivity index (χ3n) is 6.68. The SMILES string of the molecule is CCCN1C[C@H](C)[C@H](OC)CN(C)C(=O)c2ccc(NC(=O)c3cccc(OC)c3)cc2OC[C@@H]1C. The number of hydrogen-bond acceptors (Lipinski definition) is 6. The Balaban J connectivity index is 1.91. The Labute approximate surface area is 214 Å². The lowest BCUT2D eigenvalue weighted by molar-refractivity contribution is 0.0108. The summed E-state index contributed by atoms with van der Waals surface area (Å²) in [4.78, 5) is 30.3. The number of nitrogens with one attached hydrogen (secondary N) is 1. The molecule has 0 spiro atoms. The number of benzene rings is 2. The first-order chi connectivity index (χ1) is 17.3. The Morgan fingerprint density at radius 2 is 1.92 bits per heavy atom. The molecule has 0 fully saturated rings. The lowest BCUT2D eigenvalue weighted by atomic mass is 10.0. The second-order valence-corrected chi connectivity index (χ2v) is 9.49. The van der Waals surface area contributed by atoms with Gasteiger partial charge in [-0.3, -0.25) is 14.5 Å². The topological polar surface area (TPSA) is 80.3 Å². The van der Waals surface area contributed by atoms with Gasteiger partial charge in [-0.15, -0.1) is 0 Å². The van der Waals surface area contributed by atoms with E-state index in [1.165, 1.54) is 0 Å². The van der Waals surface area contributed by atoms with E-state index in [2.05, 4.69) is 31.0 Å². The van der Waals surface area contributed by atoms with Crippen LogP contribution in [0.2, 0.25) is 0 Å². The van der Waals surface area contributed by atoms with Gasteiger partial charge in [0.15, 0.2) is 0 Å². The molecule has 0 radical (unpaired) electrons. The molecule has 3 atom stereocenters. The molecule has 1 N–H and O–H groups in total. The van der Waals surface area contributed by atoms with E-state index in [1.807, 2.05) is 0 Å². The second-order valence-electron chi connectivity index (χ2n) is 9.49. The zero-order valence-electron chi connectivity index (χ0n) is 22.2. The van der Waals surface area contributed by atoms with Crippen LogP contribution < -0.4 is 14.8 Å². The molecular weight excluding hydrogens is 458 g/mol. The minimum atomic E-state index is -0.273. The first kappa shape index (κ1) is 27.5. The Morgan fingerprint density at radius 3 is 2.61 bits per heavy atom. The molecule has 1 heterocycles. The molecule has 196 valence electrons. The first-order valence-corrected chi connectivity index (χ1v) is 12.5. The Morgan fingerprint density at radius 1 is 1.14 bits per heavy atom. The van der Waals surface area contributed by atoms with E-state index >= 15 is 0 Å². The van der Waals surface area contributed by atoms with Gasteiger partial charge in [-0.05, 0) is 56.1 Å². The zero-order chi connectivity index (χ0) is 26.2. The third-order valence-corrected chi connectivity index (χ3v) is 6.68. The van der Waals surface area contributed by atoms with E-state index < -0.39 is 0 Å². The number of rotatable bonds is 6. The number of anilines is 1. The molecule has 8 nitrogen and oxygen atoms in total. The van der Waals surface area contributed by atoms with Crippen LogP contribution in [0.4, 0.5) is 5.69 Å². The van der Waals surface area contributed by atoms with Gasteiger partial charge in [-0.2, -0.15) is 0 Å². The molecule has 0 saturated carbocycles. The highest BCUT2D eigenvalue weighted by atomic mass is 16.5. The van der Waals surface area contributed by atoms with E-state index in [1.54, 1.807) is 68.6 Å². The van der Waals surface area contributed by atoms with Gasteiger partial charge in [-0.1, -0.05) is 19.9 Å². The van der Waals surface area contributed by atoms with Crippen LogP contribution in [-0.2, 0) is 4.74 Å². The van der Waals surface area contributed by atoms with Gasteiger partial charge < -0.3 is 24.4 Å². The largest absolute Gasteiger partial charge is 0.497 e. The van der Waals surface area contributed by atoms with Crippen LogP contribution in [0.5, 0.6) is 11.5 Å². The van der Waals surface area contributed by atoms with Gasteiger partial charge in [-0.25, -0.2) is 0 Å². The normalized spacial score (nSPS) is 21.6. The van der Waals surface area contributed by atoms with Gasteiger partial charge in [0.1, 0.15) is 18.1 Å². The number of amides is 2. The molecule has 3 rings (SSSR count). The number of ether oxygens (including phenoxy) is 3. The van der Waals surface area contributed by atoms with Gasteiger partial charge in [0.2, 0.25) is 0 Å². The molecule has 1 aliphatic heterocycles. The molecule has 0 unspecified atom stereocenters. The molecule has 2 amide bonds. The molecule has 0 saturated heterocycles. The number of carbonyl (C=O) groups is 2. The molecule has 2 aromatic rings. The number of nitrogens with zero attached hydrogens (tertiary/aromatic N) is 2. The first-order valence-electron chi connectivity index (χ1n) is 12.5. The summed E-state index contributed by atoms with van der Waals surface area (Å²) in [6, 6.07) is 12.2. The van der Waals surface area contributed by atoms with E-state index in [-0.39, 0.29) is 29.9 Å². The number of fused-ring (bicyclic) bond motifs is 1. The van der Waals surface area contributed by atoms with E-state index in [0.717, 1.165) is 19.5 Å². The number of hydrogen-bond donors (Lipinski definition) is 1. The fraction of sp³-hybridized carbons (Fsp3) is 0.500. The molecule has 0 aromatic heterocycles. The fourth-order valence-corrected chi connectivity index (χ4v) is 4.49. The highest BCUT2D eigenvalue weighted by Crippen LogP contribution is 2.27. The predicted octanol–water partition coefficient (Wildman–Crippen LogP) is 4.16. The molecular formula is C28H39N3O5. The summed E-state index contributed by atoms with van der Waals surface area (Å²) in [6.45, 7) is 9.16. The maximum absolute atomic E-state index is 13.4. The summed E-state index contributed by atoms with van der Waals surface area (Å²) in [6.07, 6.45) is 0.945. The van der Waals surface area contributed by atoms with Crippen molar-refractivity contribution in [3.63, 3.8) is 0 Å². The van der Waals surface area contributed by atoms with Crippen LogP contribution in [0.15, 0.2) is 42.5 Å². The maximum atomic E-state index is 13.4. The number of methoxy groups -OCH3 is 2. The standard InChI is InChI=1S/C28H39N3O5/c1-7-13-31-16-19(2)26(35-6)17-30(4)28(33)24-12-11-22(15-25(24)36-18-20(31)3)29-27(32)21-9-8-10-23(14-21)34-5/h8-12,14-15,19-20,26H,7,13,16-18H2,1-6H3,(H,29,32)/t19-,20-,26+/m0/s1. The Bertz CT molecular complexity index is 1040. The second kappa shape index (κ2) is 12.7. The summed E-state index contributed by atoms with van der Waals surface area (Å²) in [7, 11) is 5.04. The lowest BCUT2D eigenvalue weighted by Gasteiger charge is -2.35. The molecule has 0 bridgehead atoms. The van der Waals surface area contributed by atoms with Gasteiger partial charge in [0, 0.05) is 50.6 Å². The van der Waals surface area contributed by atoms with Crippen molar-refractivity contribution in [2.24, 2.45) is 5.92 Å². The van der Waals surface area contributed by atoms with Crippen LogP contribution in [0.1, 0.15) is 47.9 Å². The van der Waals surface area contributed by atoms with Crippen LogP contribution in [0, 0.1) is 5.92 Å². The Kier molecular flexibility index (Phi) is 9.73. The quantitative estimate of drug-likeness (QED) is 0.646. The highest BCUT2D eigenvalue weighted by molar-refractivity contribution is 6.05. The zero-order valence-corrected chi connectivity index (χ0v) is 22.2. The van der Waals surface area contributed by atoms with E-state index in [0.29, 0.717) is 41.5 Å². The summed E-state index contributed by atoms with van der Waals surface area (Å²) < 4.78 is 17.2. The monoisotopic (exact) mass is 497 g/mol. The van der Waals surface area contributed by atoms with E-state index in [4.69, 9.17) is 14.2 Å². The van der Waals surface area contributed by atoms with Crippen LogP contribution in [-0.4, -0.2) is 81.3 Å². The summed E-state index contributed by atoms with van der Waals surface area (Å²) in [5.74, 6) is 0.869. The van der Waals surface area contributed by atoms with Crippen LogP contribution in [0.3, 0.4) is 0 Å².